The molecule has 3 rings (SSSR count). The van der Waals surface area contributed by atoms with Crippen molar-refractivity contribution in [1.82, 2.24) is 10.6 Å². The fourth-order valence-corrected chi connectivity index (χ4v) is 4.64. The van der Waals surface area contributed by atoms with Gasteiger partial charge in [0.2, 0.25) is 0 Å². The molecule has 2 aromatic carbocycles. The number of ether oxygens (including phenoxy) is 1. The Hall–Kier alpha value is -3.13. The van der Waals surface area contributed by atoms with Crippen LogP contribution in [0.4, 0.5) is 4.79 Å². The van der Waals surface area contributed by atoms with Gasteiger partial charge in [-0.1, -0.05) is 56.3 Å². The van der Waals surface area contributed by atoms with Crippen molar-refractivity contribution in [1.29, 1.82) is 0 Å². The van der Waals surface area contributed by atoms with E-state index in [9.17, 15) is 18.0 Å². The summed E-state index contributed by atoms with van der Waals surface area (Å²) in [6.07, 6.45) is 0. The summed E-state index contributed by atoms with van der Waals surface area (Å²) in [5.41, 5.74) is 1.73. The number of hydrogen-bond acceptors (Lipinski definition) is 5. The maximum absolute atomic E-state index is 13.0. The first-order valence-corrected chi connectivity index (χ1v) is 11.1. The summed E-state index contributed by atoms with van der Waals surface area (Å²) < 4.78 is 30.9. The topological polar surface area (TPSA) is 102 Å². The van der Waals surface area contributed by atoms with E-state index in [0.717, 1.165) is 5.56 Å². The quantitative estimate of drug-likeness (QED) is 0.689. The zero-order valence-electron chi connectivity index (χ0n) is 17.0. The molecule has 0 fully saturated rings. The van der Waals surface area contributed by atoms with Gasteiger partial charge in [-0.25, -0.2) is 18.0 Å². The van der Waals surface area contributed by atoms with E-state index in [1.807, 2.05) is 13.8 Å². The molecule has 0 saturated heterocycles. The Bertz CT molecular complexity index is 1070. The first kappa shape index (κ1) is 21.6. The molecule has 1 unspecified atom stereocenters. The lowest BCUT2D eigenvalue weighted by atomic mass is 9.96. The molecule has 2 amide bonds. The van der Waals surface area contributed by atoms with Crippen molar-refractivity contribution in [3.05, 3.63) is 77.0 Å². The van der Waals surface area contributed by atoms with Gasteiger partial charge < -0.3 is 15.4 Å². The summed E-state index contributed by atoms with van der Waals surface area (Å²) in [7, 11) is -2.60. The average molecular weight is 429 g/mol. The number of carbonyl (C=O) groups excluding carboxylic acids is 2. The van der Waals surface area contributed by atoms with Gasteiger partial charge in [-0.05, 0) is 29.2 Å². The predicted molar refractivity (Wildman–Crippen MR) is 112 cm³/mol. The van der Waals surface area contributed by atoms with E-state index in [1.54, 1.807) is 54.6 Å². The summed E-state index contributed by atoms with van der Waals surface area (Å²) in [4.78, 5) is 24.9. The lowest BCUT2D eigenvalue weighted by molar-refractivity contribution is -0.136. The van der Waals surface area contributed by atoms with Crippen LogP contribution in [0.25, 0.3) is 0 Å². The van der Waals surface area contributed by atoms with Crippen LogP contribution in [-0.2, 0) is 19.4 Å². The molecule has 1 aliphatic rings. The highest BCUT2D eigenvalue weighted by molar-refractivity contribution is 7.91. The normalized spacial score (nSPS) is 16.8. The first-order valence-electron chi connectivity index (χ1n) is 9.49. The molecule has 0 bridgehead atoms. The molecule has 158 valence electrons. The molecule has 1 aliphatic heterocycles. The van der Waals surface area contributed by atoms with Crippen LogP contribution in [0.2, 0.25) is 0 Å². The molecule has 2 aromatic rings. The number of benzene rings is 2. The zero-order valence-corrected chi connectivity index (χ0v) is 17.8. The third kappa shape index (κ3) is 4.54. The van der Waals surface area contributed by atoms with Gasteiger partial charge in [-0.15, -0.1) is 0 Å². The Kier molecular flexibility index (Phi) is 6.26. The van der Waals surface area contributed by atoms with E-state index in [2.05, 4.69) is 10.6 Å². The number of carbonyl (C=O) groups is 2. The van der Waals surface area contributed by atoms with Crippen molar-refractivity contribution >= 4 is 21.8 Å². The number of rotatable bonds is 6. The van der Waals surface area contributed by atoms with Crippen LogP contribution in [0.1, 0.15) is 36.9 Å². The molecule has 0 spiro atoms. The summed E-state index contributed by atoms with van der Waals surface area (Å²) in [5.74, 6) is -0.975. The number of amides is 2. The SMILES string of the molecule is COC(=O)C1=C(CS(=O)(=O)c2ccc(C(C)C)cc2)NC(=O)NC1c1ccccc1. The number of urea groups is 1. The second-order valence-corrected chi connectivity index (χ2v) is 9.30. The van der Waals surface area contributed by atoms with Crippen LogP contribution in [-0.4, -0.2) is 33.3 Å². The van der Waals surface area contributed by atoms with E-state index in [1.165, 1.54) is 7.11 Å². The highest BCUT2D eigenvalue weighted by atomic mass is 32.2. The van der Waals surface area contributed by atoms with Gasteiger partial charge in [0.25, 0.3) is 0 Å². The molecular weight excluding hydrogens is 404 g/mol. The van der Waals surface area contributed by atoms with Crippen molar-refractivity contribution in [3.63, 3.8) is 0 Å². The van der Waals surface area contributed by atoms with Crippen LogP contribution in [0.3, 0.4) is 0 Å². The fraction of sp³-hybridized carbons (Fsp3) is 0.273. The highest BCUT2D eigenvalue weighted by Crippen LogP contribution is 2.29. The van der Waals surface area contributed by atoms with Gasteiger partial charge >= 0.3 is 12.0 Å². The van der Waals surface area contributed by atoms with E-state index < -0.39 is 33.6 Å². The van der Waals surface area contributed by atoms with E-state index in [4.69, 9.17) is 4.74 Å². The summed E-state index contributed by atoms with van der Waals surface area (Å²) in [6, 6.07) is 14.0. The minimum atomic E-state index is -3.81. The molecule has 0 aromatic heterocycles. The summed E-state index contributed by atoms with van der Waals surface area (Å²) in [5, 5.41) is 5.16. The second kappa shape index (κ2) is 8.71. The molecule has 30 heavy (non-hydrogen) atoms. The third-order valence-electron chi connectivity index (χ3n) is 4.93. The van der Waals surface area contributed by atoms with E-state index >= 15 is 0 Å². The van der Waals surface area contributed by atoms with Gasteiger partial charge in [-0.3, -0.25) is 0 Å². The van der Waals surface area contributed by atoms with Crippen molar-refractivity contribution in [3.8, 4) is 0 Å². The molecule has 1 atom stereocenters. The predicted octanol–water partition coefficient (Wildman–Crippen LogP) is 3.06. The Morgan fingerprint density at radius 3 is 2.27 bits per heavy atom. The Balaban J connectivity index is 2.04. The Morgan fingerprint density at radius 2 is 1.70 bits per heavy atom. The van der Waals surface area contributed by atoms with Crippen LogP contribution < -0.4 is 10.6 Å². The van der Waals surface area contributed by atoms with Crippen molar-refractivity contribution in [2.45, 2.75) is 30.7 Å². The van der Waals surface area contributed by atoms with E-state index in [-0.39, 0.29) is 22.1 Å². The summed E-state index contributed by atoms with van der Waals surface area (Å²) in [6.45, 7) is 4.04. The molecule has 0 saturated carbocycles. The second-order valence-electron chi connectivity index (χ2n) is 7.31. The van der Waals surface area contributed by atoms with Gasteiger partial charge in [0, 0.05) is 5.70 Å². The number of methoxy groups -OCH3 is 1. The van der Waals surface area contributed by atoms with Crippen molar-refractivity contribution < 1.29 is 22.7 Å². The molecule has 7 nitrogen and oxygen atoms in total. The smallest absolute Gasteiger partial charge is 0.338 e. The van der Waals surface area contributed by atoms with Crippen LogP contribution in [0, 0.1) is 0 Å². The largest absolute Gasteiger partial charge is 0.466 e. The van der Waals surface area contributed by atoms with Crippen molar-refractivity contribution in [2.24, 2.45) is 0 Å². The van der Waals surface area contributed by atoms with Crippen molar-refractivity contribution in [2.75, 3.05) is 12.9 Å². The molecule has 2 N–H and O–H groups in total. The minimum Gasteiger partial charge on any atom is -0.466 e. The number of hydrogen-bond donors (Lipinski definition) is 2. The standard InChI is InChI=1S/C22H24N2O5S/c1-14(2)15-9-11-17(12-10-15)30(27,28)13-18-19(21(25)29-3)20(24-22(26)23-18)16-7-5-4-6-8-16/h4-12,14,20H,13H2,1-3H3,(H2,23,24,26). The number of sulfone groups is 1. The maximum Gasteiger partial charge on any atom is 0.338 e. The van der Waals surface area contributed by atoms with Gasteiger partial charge in [0.1, 0.15) is 0 Å². The van der Waals surface area contributed by atoms with Crippen LogP contribution in [0.5, 0.6) is 0 Å². The van der Waals surface area contributed by atoms with Gasteiger partial charge in [0.15, 0.2) is 9.84 Å². The van der Waals surface area contributed by atoms with Gasteiger partial charge in [-0.2, -0.15) is 0 Å². The first-order chi connectivity index (χ1) is 14.2. The maximum atomic E-state index is 13.0. The lowest BCUT2D eigenvalue weighted by Gasteiger charge is -2.29. The van der Waals surface area contributed by atoms with E-state index in [0.29, 0.717) is 5.56 Å². The highest BCUT2D eigenvalue weighted by Gasteiger charge is 2.35. The monoisotopic (exact) mass is 428 g/mol. The molecule has 8 heteroatoms. The minimum absolute atomic E-state index is 0.00684. The molecule has 1 heterocycles. The lowest BCUT2D eigenvalue weighted by Crippen LogP contribution is -2.47. The molecule has 0 aliphatic carbocycles. The molecular formula is C22H24N2O5S. The zero-order chi connectivity index (χ0) is 21.9. The fourth-order valence-electron chi connectivity index (χ4n) is 3.31. The Labute approximate surface area is 176 Å². The number of esters is 1. The Morgan fingerprint density at radius 1 is 1.07 bits per heavy atom. The third-order valence-corrected chi connectivity index (χ3v) is 6.59. The molecule has 0 radical (unpaired) electrons. The number of nitrogens with one attached hydrogen (secondary N) is 2. The van der Waals surface area contributed by atoms with Crippen LogP contribution >= 0.6 is 0 Å². The van der Waals surface area contributed by atoms with Crippen LogP contribution in [0.15, 0.2) is 70.8 Å². The van der Waals surface area contributed by atoms with Gasteiger partial charge in [0.05, 0.1) is 29.4 Å². The summed E-state index contributed by atoms with van der Waals surface area (Å²) >= 11 is 0. The average Bonchev–Trinajstić information content (AvgIpc) is 2.73.